The molecule has 0 heterocycles. The Kier molecular flexibility index (Phi) is 2.93. The van der Waals surface area contributed by atoms with E-state index in [0.717, 1.165) is 23.1 Å². The zero-order valence-electron chi connectivity index (χ0n) is 11.0. The van der Waals surface area contributed by atoms with E-state index in [1.807, 2.05) is 31.2 Å². The molecule has 0 amide bonds. The number of hydrogen-bond acceptors (Lipinski definition) is 3. The Bertz CT molecular complexity index is 572. The normalized spacial score (nSPS) is 31.5. The monoisotopic (exact) mass is 255 g/mol. The quantitative estimate of drug-likeness (QED) is 0.901. The summed E-state index contributed by atoms with van der Waals surface area (Å²) in [6, 6.07) is 10.4. The Labute approximate surface area is 113 Å². The van der Waals surface area contributed by atoms with Crippen molar-refractivity contribution in [3.05, 3.63) is 41.5 Å². The first-order valence-corrected chi connectivity index (χ1v) is 6.72. The van der Waals surface area contributed by atoms with Gasteiger partial charge in [0.15, 0.2) is 0 Å². The summed E-state index contributed by atoms with van der Waals surface area (Å²) in [5, 5.41) is 19.3. The van der Waals surface area contributed by atoms with E-state index in [1.54, 1.807) is 0 Å². The summed E-state index contributed by atoms with van der Waals surface area (Å²) in [5.74, 6) is 0.158. The molecule has 19 heavy (non-hydrogen) atoms. The van der Waals surface area contributed by atoms with Gasteiger partial charge < -0.3 is 9.84 Å². The van der Waals surface area contributed by atoms with Crippen LogP contribution in [0.25, 0.3) is 5.57 Å². The van der Waals surface area contributed by atoms with Gasteiger partial charge in [-0.3, -0.25) is 0 Å². The van der Waals surface area contributed by atoms with Crippen molar-refractivity contribution in [3.8, 4) is 6.07 Å². The highest BCUT2D eigenvalue weighted by Gasteiger charge is 2.59. The van der Waals surface area contributed by atoms with Crippen molar-refractivity contribution in [2.24, 2.45) is 5.92 Å². The fourth-order valence-corrected chi connectivity index (χ4v) is 3.46. The second kappa shape index (κ2) is 4.48. The number of nitrogens with zero attached hydrogens (tertiary/aromatic N) is 1. The van der Waals surface area contributed by atoms with E-state index in [-0.39, 0.29) is 18.6 Å². The molecule has 0 bridgehead atoms. The largest absolute Gasteiger partial charge is 0.392 e. The highest BCUT2D eigenvalue weighted by molar-refractivity contribution is 5.75. The van der Waals surface area contributed by atoms with Gasteiger partial charge in [-0.15, -0.1) is 0 Å². The average Bonchev–Trinajstić information content (AvgIpc) is 2.44. The summed E-state index contributed by atoms with van der Waals surface area (Å²) in [4.78, 5) is 0. The van der Waals surface area contributed by atoms with E-state index in [0.29, 0.717) is 6.61 Å². The zero-order chi connectivity index (χ0) is 13.5. The topological polar surface area (TPSA) is 53.2 Å². The number of hydrogen-bond donors (Lipinski definition) is 1. The summed E-state index contributed by atoms with van der Waals surface area (Å²) in [6.07, 6.45) is 2.88. The second-order valence-corrected chi connectivity index (χ2v) is 5.16. The number of aliphatic hydroxyl groups is 1. The number of rotatable bonds is 3. The zero-order valence-corrected chi connectivity index (χ0v) is 11.0. The van der Waals surface area contributed by atoms with Crippen LogP contribution in [0.4, 0.5) is 0 Å². The van der Waals surface area contributed by atoms with Crippen LogP contribution < -0.4 is 0 Å². The highest BCUT2D eigenvalue weighted by Crippen LogP contribution is 2.55. The molecule has 1 saturated carbocycles. The minimum atomic E-state index is -0.564. The Morgan fingerprint density at radius 2 is 2.26 bits per heavy atom. The molecule has 3 rings (SSSR count). The first kappa shape index (κ1) is 12.4. The first-order chi connectivity index (χ1) is 9.27. The molecule has 0 aliphatic heterocycles. The molecule has 1 N–H and O–H groups in total. The SMILES string of the molecule is CCO[C@H]1C[C@H]2C=C(CO)c3ccccc3[C@]21C#N. The Hall–Kier alpha value is -1.63. The third-order valence-electron chi connectivity index (χ3n) is 4.41. The van der Waals surface area contributed by atoms with E-state index in [9.17, 15) is 10.4 Å². The average molecular weight is 255 g/mol. The molecule has 2 aliphatic carbocycles. The number of benzene rings is 1. The molecule has 0 saturated heterocycles. The minimum Gasteiger partial charge on any atom is -0.392 e. The van der Waals surface area contributed by atoms with Crippen LogP contribution in [-0.2, 0) is 10.2 Å². The summed E-state index contributed by atoms with van der Waals surface area (Å²) in [7, 11) is 0. The Morgan fingerprint density at radius 3 is 2.95 bits per heavy atom. The van der Waals surface area contributed by atoms with Gasteiger partial charge in [-0.1, -0.05) is 30.3 Å². The van der Waals surface area contributed by atoms with Gasteiger partial charge in [0.25, 0.3) is 0 Å². The van der Waals surface area contributed by atoms with Crippen molar-refractivity contribution in [1.29, 1.82) is 5.26 Å². The summed E-state index contributed by atoms with van der Waals surface area (Å²) >= 11 is 0. The van der Waals surface area contributed by atoms with Gasteiger partial charge in [0, 0.05) is 12.5 Å². The van der Waals surface area contributed by atoms with Gasteiger partial charge in [-0.2, -0.15) is 5.26 Å². The molecular weight excluding hydrogens is 238 g/mol. The number of fused-ring (bicyclic) bond motifs is 3. The van der Waals surface area contributed by atoms with Gasteiger partial charge in [0.05, 0.1) is 18.8 Å². The van der Waals surface area contributed by atoms with E-state index in [2.05, 4.69) is 12.1 Å². The fourth-order valence-electron chi connectivity index (χ4n) is 3.46. The maximum absolute atomic E-state index is 9.75. The van der Waals surface area contributed by atoms with Crippen LogP contribution in [0, 0.1) is 17.2 Å². The molecule has 1 aromatic rings. The molecule has 3 heteroatoms. The fraction of sp³-hybridized carbons (Fsp3) is 0.438. The van der Waals surface area contributed by atoms with Crippen LogP contribution >= 0.6 is 0 Å². The molecule has 0 spiro atoms. The molecule has 3 nitrogen and oxygen atoms in total. The Morgan fingerprint density at radius 1 is 1.47 bits per heavy atom. The molecule has 0 radical (unpaired) electrons. The molecule has 98 valence electrons. The minimum absolute atomic E-state index is 0.0221. The second-order valence-electron chi connectivity index (χ2n) is 5.16. The van der Waals surface area contributed by atoms with E-state index in [1.165, 1.54) is 0 Å². The van der Waals surface area contributed by atoms with Gasteiger partial charge in [-0.05, 0) is 30.0 Å². The highest BCUT2D eigenvalue weighted by atomic mass is 16.5. The number of nitriles is 1. The number of aliphatic hydroxyl groups excluding tert-OH is 1. The van der Waals surface area contributed by atoms with E-state index < -0.39 is 5.41 Å². The lowest BCUT2D eigenvalue weighted by Crippen LogP contribution is -2.58. The van der Waals surface area contributed by atoms with Crippen molar-refractivity contribution < 1.29 is 9.84 Å². The van der Waals surface area contributed by atoms with Crippen LogP contribution in [0.15, 0.2) is 30.3 Å². The van der Waals surface area contributed by atoms with Gasteiger partial charge in [0.1, 0.15) is 5.41 Å². The number of ether oxygens (including phenoxy) is 1. The van der Waals surface area contributed by atoms with Crippen LogP contribution in [-0.4, -0.2) is 24.4 Å². The summed E-state index contributed by atoms with van der Waals surface area (Å²) in [5.41, 5.74) is 2.37. The smallest absolute Gasteiger partial charge is 0.115 e. The van der Waals surface area contributed by atoms with E-state index in [4.69, 9.17) is 4.74 Å². The van der Waals surface area contributed by atoms with Crippen LogP contribution in [0.1, 0.15) is 24.5 Å². The third-order valence-corrected chi connectivity index (χ3v) is 4.41. The predicted octanol–water partition coefficient (Wildman–Crippen LogP) is 2.26. The third kappa shape index (κ3) is 1.51. The maximum atomic E-state index is 9.75. The summed E-state index contributed by atoms with van der Waals surface area (Å²) < 4.78 is 5.75. The number of allylic oxidation sites excluding steroid dienone is 1. The van der Waals surface area contributed by atoms with Crippen molar-refractivity contribution >= 4 is 5.57 Å². The van der Waals surface area contributed by atoms with Crippen LogP contribution in [0.5, 0.6) is 0 Å². The lowest BCUT2D eigenvalue weighted by atomic mass is 9.51. The predicted molar refractivity (Wildman–Crippen MR) is 72.3 cm³/mol. The molecule has 1 aromatic carbocycles. The van der Waals surface area contributed by atoms with Crippen molar-refractivity contribution in [2.75, 3.05) is 13.2 Å². The molecule has 1 fully saturated rings. The van der Waals surface area contributed by atoms with Gasteiger partial charge in [-0.25, -0.2) is 0 Å². The van der Waals surface area contributed by atoms with E-state index >= 15 is 0 Å². The Balaban J connectivity index is 2.14. The van der Waals surface area contributed by atoms with Crippen LogP contribution in [0.3, 0.4) is 0 Å². The lowest BCUT2D eigenvalue weighted by molar-refractivity contribution is -0.0667. The van der Waals surface area contributed by atoms with Crippen molar-refractivity contribution in [1.82, 2.24) is 0 Å². The summed E-state index contributed by atoms with van der Waals surface area (Å²) in [6.45, 7) is 2.61. The molecule has 2 aliphatic rings. The van der Waals surface area contributed by atoms with Crippen molar-refractivity contribution in [2.45, 2.75) is 24.9 Å². The van der Waals surface area contributed by atoms with Crippen LogP contribution in [0.2, 0.25) is 0 Å². The molecular formula is C16H17NO2. The first-order valence-electron chi connectivity index (χ1n) is 6.72. The standard InChI is InChI=1S/C16H17NO2/c1-2-19-15-8-12-7-11(9-18)13-5-3-4-6-14(13)16(12,15)10-17/h3-7,12,15,18H,2,8-9H2,1H3/t12-,15+,16+/m1/s1. The molecule has 0 aromatic heterocycles. The van der Waals surface area contributed by atoms with Gasteiger partial charge >= 0.3 is 0 Å². The lowest BCUT2D eigenvalue weighted by Gasteiger charge is -2.53. The van der Waals surface area contributed by atoms with Crippen molar-refractivity contribution in [3.63, 3.8) is 0 Å². The maximum Gasteiger partial charge on any atom is 0.115 e. The molecule has 0 unspecified atom stereocenters. The van der Waals surface area contributed by atoms with Gasteiger partial charge in [0.2, 0.25) is 0 Å². The molecule has 3 atom stereocenters.